The van der Waals surface area contributed by atoms with Gasteiger partial charge in [-0.05, 0) is 44.9 Å². The second-order valence-electron chi connectivity index (χ2n) is 6.77. The van der Waals surface area contributed by atoms with Gasteiger partial charge in [-0.2, -0.15) is 0 Å². The summed E-state index contributed by atoms with van der Waals surface area (Å²) in [6.45, 7) is 8.26. The van der Waals surface area contributed by atoms with E-state index in [0.717, 1.165) is 42.8 Å². The summed E-state index contributed by atoms with van der Waals surface area (Å²) < 4.78 is 5.83. The van der Waals surface area contributed by atoms with Gasteiger partial charge in [-0.1, -0.05) is 13.8 Å². The lowest BCUT2D eigenvalue weighted by molar-refractivity contribution is -0.0731. The molecule has 1 aromatic rings. The van der Waals surface area contributed by atoms with Crippen LogP contribution < -0.4 is 0 Å². The summed E-state index contributed by atoms with van der Waals surface area (Å²) in [5.74, 6) is 0.761. The van der Waals surface area contributed by atoms with Gasteiger partial charge in [0.15, 0.2) is 5.82 Å². The Labute approximate surface area is 121 Å². The van der Waals surface area contributed by atoms with Crippen LogP contribution in [0.5, 0.6) is 0 Å². The third-order valence-corrected chi connectivity index (χ3v) is 4.68. The maximum Gasteiger partial charge on any atom is 0.160 e. The van der Waals surface area contributed by atoms with Crippen LogP contribution in [0.2, 0.25) is 0 Å². The van der Waals surface area contributed by atoms with Crippen LogP contribution in [0, 0.1) is 12.3 Å². The molecule has 1 aliphatic rings. The van der Waals surface area contributed by atoms with Gasteiger partial charge < -0.3 is 9.84 Å². The first-order valence-electron chi connectivity index (χ1n) is 7.37. The number of aromatic nitrogens is 2. The summed E-state index contributed by atoms with van der Waals surface area (Å²) in [5.41, 5.74) is 1.64. The minimum Gasteiger partial charge on any atom is -0.389 e. The van der Waals surface area contributed by atoms with Gasteiger partial charge in [-0.3, -0.25) is 0 Å². The van der Waals surface area contributed by atoms with Crippen LogP contribution in [0.15, 0.2) is 6.20 Å². The van der Waals surface area contributed by atoms with Crippen LogP contribution in [0.1, 0.15) is 69.6 Å². The SMILES string of the molecule is COC1(c2ncc([C@H](C)O)c(C)n2)CCC(C)(C)CC1. The molecular weight excluding hydrogens is 252 g/mol. The van der Waals surface area contributed by atoms with Gasteiger partial charge in [0.25, 0.3) is 0 Å². The number of aliphatic hydroxyl groups excluding tert-OH is 1. The lowest BCUT2D eigenvalue weighted by Crippen LogP contribution is -2.38. The Morgan fingerprint density at radius 3 is 2.30 bits per heavy atom. The maximum atomic E-state index is 9.68. The van der Waals surface area contributed by atoms with E-state index in [9.17, 15) is 5.11 Å². The molecule has 1 atom stereocenters. The zero-order valence-electron chi connectivity index (χ0n) is 13.2. The van der Waals surface area contributed by atoms with Crippen LogP contribution in [0.25, 0.3) is 0 Å². The number of rotatable bonds is 3. The van der Waals surface area contributed by atoms with E-state index in [1.165, 1.54) is 0 Å². The Kier molecular flexibility index (Phi) is 4.17. The zero-order chi connectivity index (χ0) is 15.0. The lowest BCUT2D eigenvalue weighted by Gasteiger charge is -2.41. The Morgan fingerprint density at radius 2 is 1.85 bits per heavy atom. The average Bonchev–Trinajstić information content (AvgIpc) is 2.39. The molecule has 1 saturated carbocycles. The fourth-order valence-corrected chi connectivity index (χ4v) is 2.96. The molecule has 112 valence electrons. The van der Waals surface area contributed by atoms with Crippen molar-refractivity contribution in [3.8, 4) is 0 Å². The molecule has 1 aromatic heterocycles. The van der Waals surface area contributed by atoms with E-state index in [2.05, 4.69) is 23.8 Å². The number of nitrogens with zero attached hydrogens (tertiary/aromatic N) is 2. The molecule has 1 fully saturated rings. The maximum absolute atomic E-state index is 9.68. The smallest absolute Gasteiger partial charge is 0.160 e. The van der Waals surface area contributed by atoms with Gasteiger partial charge in [0.2, 0.25) is 0 Å². The first-order chi connectivity index (χ1) is 9.30. The number of aryl methyl sites for hydroxylation is 1. The Balaban J connectivity index is 2.31. The van der Waals surface area contributed by atoms with Crippen molar-refractivity contribution in [3.63, 3.8) is 0 Å². The number of ether oxygens (including phenoxy) is 1. The van der Waals surface area contributed by atoms with Gasteiger partial charge in [0.1, 0.15) is 5.60 Å². The highest BCUT2D eigenvalue weighted by atomic mass is 16.5. The summed E-state index contributed by atoms with van der Waals surface area (Å²) in [6.07, 6.45) is 5.33. The second kappa shape index (κ2) is 5.41. The number of aliphatic hydroxyl groups is 1. The van der Waals surface area contributed by atoms with Gasteiger partial charge in [-0.25, -0.2) is 9.97 Å². The molecule has 20 heavy (non-hydrogen) atoms. The number of methoxy groups -OCH3 is 1. The van der Waals surface area contributed by atoms with E-state index in [-0.39, 0.29) is 5.60 Å². The van der Waals surface area contributed by atoms with E-state index in [1.807, 2.05) is 6.92 Å². The molecule has 1 N–H and O–H groups in total. The van der Waals surface area contributed by atoms with Crippen molar-refractivity contribution in [2.45, 2.75) is 65.1 Å². The lowest BCUT2D eigenvalue weighted by atomic mass is 9.70. The minimum atomic E-state index is -0.534. The van der Waals surface area contributed by atoms with Crippen molar-refractivity contribution in [1.82, 2.24) is 9.97 Å². The summed E-state index contributed by atoms with van der Waals surface area (Å²) in [6, 6.07) is 0. The predicted molar refractivity (Wildman–Crippen MR) is 78.3 cm³/mol. The van der Waals surface area contributed by atoms with Crippen LogP contribution in [-0.2, 0) is 10.3 Å². The Morgan fingerprint density at radius 1 is 1.25 bits per heavy atom. The Bertz CT molecular complexity index is 473. The van der Waals surface area contributed by atoms with E-state index < -0.39 is 6.10 Å². The third-order valence-electron chi connectivity index (χ3n) is 4.68. The Hall–Kier alpha value is -1.00. The molecule has 0 bridgehead atoms. The first kappa shape index (κ1) is 15.4. The summed E-state index contributed by atoms with van der Waals surface area (Å²) in [7, 11) is 1.75. The van der Waals surface area contributed by atoms with E-state index in [4.69, 9.17) is 4.74 Å². The largest absolute Gasteiger partial charge is 0.389 e. The average molecular weight is 278 g/mol. The molecule has 1 aliphatic carbocycles. The fourth-order valence-electron chi connectivity index (χ4n) is 2.96. The highest BCUT2D eigenvalue weighted by molar-refractivity contribution is 5.20. The van der Waals surface area contributed by atoms with Crippen LogP contribution in [-0.4, -0.2) is 22.2 Å². The molecule has 0 aliphatic heterocycles. The standard InChI is InChI=1S/C16H26N2O2/c1-11-13(12(2)19)10-17-14(18-11)16(20-5)8-6-15(3,4)7-9-16/h10,12,19H,6-9H2,1-5H3/t12-/m0/s1. The minimum absolute atomic E-state index is 0.364. The van der Waals surface area contributed by atoms with Crippen LogP contribution in [0.3, 0.4) is 0 Å². The first-order valence-corrected chi connectivity index (χ1v) is 7.37. The summed E-state index contributed by atoms with van der Waals surface area (Å²) in [5, 5.41) is 9.68. The molecule has 2 rings (SSSR count). The molecule has 0 radical (unpaired) electrons. The fraction of sp³-hybridized carbons (Fsp3) is 0.750. The van der Waals surface area contributed by atoms with Crippen molar-refractivity contribution in [3.05, 3.63) is 23.3 Å². The third kappa shape index (κ3) is 2.86. The monoisotopic (exact) mass is 278 g/mol. The van der Waals surface area contributed by atoms with Gasteiger partial charge in [0.05, 0.1) is 6.10 Å². The molecule has 0 unspecified atom stereocenters. The van der Waals surface area contributed by atoms with Gasteiger partial charge in [0, 0.05) is 24.6 Å². The van der Waals surface area contributed by atoms with Crippen molar-refractivity contribution in [1.29, 1.82) is 0 Å². The quantitative estimate of drug-likeness (QED) is 0.922. The summed E-state index contributed by atoms with van der Waals surface area (Å²) in [4.78, 5) is 9.09. The van der Waals surface area contributed by atoms with E-state index in [1.54, 1.807) is 20.2 Å². The molecule has 0 amide bonds. The van der Waals surface area contributed by atoms with Crippen LogP contribution >= 0.6 is 0 Å². The number of hydrogen-bond acceptors (Lipinski definition) is 4. The predicted octanol–water partition coefficient (Wildman–Crippen LogP) is 3.28. The van der Waals surface area contributed by atoms with Crippen molar-refractivity contribution in [2.75, 3.05) is 7.11 Å². The molecule has 0 spiro atoms. The van der Waals surface area contributed by atoms with Crippen molar-refractivity contribution < 1.29 is 9.84 Å². The molecule has 1 heterocycles. The van der Waals surface area contributed by atoms with Gasteiger partial charge in [-0.15, -0.1) is 0 Å². The normalized spacial score (nSPS) is 22.5. The topological polar surface area (TPSA) is 55.2 Å². The molecule has 0 aromatic carbocycles. The van der Waals surface area contributed by atoms with Crippen molar-refractivity contribution >= 4 is 0 Å². The molecule has 4 nitrogen and oxygen atoms in total. The van der Waals surface area contributed by atoms with Crippen LogP contribution in [0.4, 0.5) is 0 Å². The van der Waals surface area contributed by atoms with Crippen molar-refractivity contribution in [2.24, 2.45) is 5.41 Å². The highest BCUT2D eigenvalue weighted by Crippen LogP contribution is 2.46. The molecular formula is C16H26N2O2. The summed E-state index contributed by atoms with van der Waals surface area (Å²) >= 11 is 0. The number of hydrogen-bond donors (Lipinski definition) is 1. The highest BCUT2D eigenvalue weighted by Gasteiger charge is 2.42. The second-order valence-corrected chi connectivity index (χ2v) is 6.77. The van der Waals surface area contributed by atoms with Gasteiger partial charge >= 0.3 is 0 Å². The zero-order valence-corrected chi connectivity index (χ0v) is 13.2. The van der Waals surface area contributed by atoms with E-state index in [0.29, 0.717) is 5.41 Å². The molecule has 4 heteroatoms. The molecule has 0 saturated heterocycles. The van der Waals surface area contributed by atoms with E-state index >= 15 is 0 Å².